The van der Waals surface area contributed by atoms with E-state index in [9.17, 15) is 9.59 Å². The Labute approximate surface area is 185 Å². The highest BCUT2D eigenvalue weighted by atomic mass is 16.5. The number of benzene rings is 2. The van der Waals surface area contributed by atoms with Gasteiger partial charge < -0.3 is 19.9 Å². The van der Waals surface area contributed by atoms with Gasteiger partial charge in [0.25, 0.3) is 11.8 Å². The molecular formula is C25H33N3O3. The molecule has 3 rings (SSSR count). The van der Waals surface area contributed by atoms with Crippen LogP contribution in [0.2, 0.25) is 0 Å². The van der Waals surface area contributed by atoms with Gasteiger partial charge in [-0.2, -0.15) is 0 Å². The minimum atomic E-state index is -0.214. The largest absolute Gasteiger partial charge is 0.494 e. The third-order valence-electron chi connectivity index (χ3n) is 5.49. The first kappa shape index (κ1) is 22.7. The molecule has 0 radical (unpaired) electrons. The van der Waals surface area contributed by atoms with E-state index in [0.717, 1.165) is 50.2 Å². The van der Waals surface area contributed by atoms with Gasteiger partial charge in [-0.25, -0.2) is 0 Å². The van der Waals surface area contributed by atoms with Crippen LogP contribution < -0.4 is 15.0 Å². The second-order valence-corrected chi connectivity index (χ2v) is 8.16. The van der Waals surface area contributed by atoms with Crippen LogP contribution in [0, 0.1) is 0 Å². The molecule has 1 heterocycles. The quantitative estimate of drug-likeness (QED) is 0.619. The van der Waals surface area contributed by atoms with E-state index in [1.807, 2.05) is 48.2 Å². The number of piperidine rings is 1. The molecule has 1 N–H and O–H groups in total. The Morgan fingerprint density at radius 2 is 1.74 bits per heavy atom. The first-order valence-electron chi connectivity index (χ1n) is 11.1. The van der Waals surface area contributed by atoms with Gasteiger partial charge in [-0.15, -0.1) is 0 Å². The second kappa shape index (κ2) is 10.8. The van der Waals surface area contributed by atoms with Gasteiger partial charge in [0.2, 0.25) is 0 Å². The molecule has 0 aliphatic carbocycles. The molecule has 0 spiro atoms. The highest BCUT2D eigenvalue weighted by Gasteiger charge is 2.22. The van der Waals surface area contributed by atoms with E-state index >= 15 is 0 Å². The van der Waals surface area contributed by atoms with Gasteiger partial charge in [-0.05, 0) is 68.1 Å². The van der Waals surface area contributed by atoms with E-state index in [0.29, 0.717) is 23.4 Å². The SMILES string of the molecule is CCCCOc1ccc(C(=O)Nc2ccc(N(C)C)c(C(=O)N3CCCCC3)c2)cc1. The number of carbonyl (C=O) groups excluding carboxylic acids is 2. The molecule has 2 aromatic carbocycles. The lowest BCUT2D eigenvalue weighted by atomic mass is 10.1. The Balaban J connectivity index is 1.73. The van der Waals surface area contributed by atoms with Crippen LogP contribution in [0.4, 0.5) is 11.4 Å². The molecule has 0 aromatic heterocycles. The van der Waals surface area contributed by atoms with Crippen LogP contribution in [-0.2, 0) is 0 Å². The van der Waals surface area contributed by atoms with E-state index in [4.69, 9.17) is 4.74 Å². The number of hydrogen-bond acceptors (Lipinski definition) is 4. The van der Waals surface area contributed by atoms with Crippen molar-refractivity contribution in [3.63, 3.8) is 0 Å². The molecule has 2 aromatic rings. The number of likely N-dealkylation sites (tertiary alicyclic amines) is 1. The molecule has 0 atom stereocenters. The lowest BCUT2D eigenvalue weighted by Crippen LogP contribution is -2.36. The Morgan fingerprint density at radius 1 is 1.03 bits per heavy atom. The lowest BCUT2D eigenvalue weighted by Gasteiger charge is -2.28. The van der Waals surface area contributed by atoms with Crippen LogP contribution in [0.25, 0.3) is 0 Å². The molecule has 6 nitrogen and oxygen atoms in total. The fraction of sp³-hybridized carbons (Fsp3) is 0.440. The van der Waals surface area contributed by atoms with Crippen molar-refractivity contribution < 1.29 is 14.3 Å². The zero-order chi connectivity index (χ0) is 22.2. The number of nitrogens with one attached hydrogen (secondary N) is 1. The number of nitrogens with zero attached hydrogens (tertiary/aromatic N) is 2. The highest BCUT2D eigenvalue weighted by molar-refractivity contribution is 6.06. The molecular weight excluding hydrogens is 390 g/mol. The first-order chi connectivity index (χ1) is 15.0. The maximum absolute atomic E-state index is 13.2. The third kappa shape index (κ3) is 6.00. The maximum Gasteiger partial charge on any atom is 0.256 e. The minimum absolute atomic E-state index is 0.0214. The Bertz CT molecular complexity index is 887. The number of unbranched alkanes of at least 4 members (excludes halogenated alkanes) is 1. The van der Waals surface area contributed by atoms with Crippen LogP contribution in [0.15, 0.2) is 42.5 Å². The zero-order valence-electron chi connectivity index (χ0n) is 18.8. The highest BCUT2D eigenvalue weighted by Crippen LogP contribution is 2.26. The van der Waals surface area contributed by atoms with Crippen molar-refractivity contribution in [2.45, 2.75) is 39.0 Å². The van der Waals surface area contributed by atoms with Crippen molar-refractivity contribution in [3.8, 4) is 5.75 Å². The average molecular weight is 424 g/mol. The van der Waals surface area contributed by atoms with Crippen molar-refractivity contribution in [1.29, 1.82) is 0 Å². The number of hydrogen-bond donors (Lipinski definition) is 1. The molecule has 2 amide bonds. The maximum atomic E-state index is 13.2. The molecule has 0 unspecified atom stereocenters. The molecule has 1 fully saturated rings. The number of rotatable bonds is 8. The summed E-state index contributed by atoms with van der Waals surface area (Å²) in [7, 11) is 3.84. The van der Waals surface area contributed by atoms with Crippen molar-refractivity contribution in [1.82, 2.24) is 4.90 Å². The topological polar surface area (TPSA) is 61.9 Å². The summed E-state index contributed by atoms with van der Waals surface area (Å²) in [6.07, 6.45) is 5.33. The van der Waals surface area contributed by atoms with Gasteiger partial charge in [0.15, 0.2) is 0 Å². The Kier molecular flexibility index (Phi) is 7.93. The summed E-state index contributed by atoms with van der Waals surface area (Å²) in [5.41, 5.74) is 2.62. The molecule has 0 bridgehead atoms. The summed E-state index contributed by atoms with van der Waals surface area (Å²) in [5.74, 6) is 0.567. The van der Waals surface area contributed by atoms with Gasteiger partial charge >= 0.3 is 0 Å². The first-order valence-corrected chi connectivity index (χ1v) is 11.1. The monoisotopic (exact) mass is 423 g/mol. The minimum Gasteiger partial charge on any atom is -0.494 e. The van der Waals surface area contributed by atoms with Gasteiger partial charge in [-0.1, -0.05) is 13.3 Å². The van der Waals surface area contributed by atoms with Gasteiger partial charge in [0, 0.05) is 44.1 Å². The summed E-state index contributed by atoms with van der Waals surface area (Å²) in [6, 6.07) is 12.6. The smallest absolute Gasteiger partial charge is 0.256 e. The summed E-state index contributed by atoms with van der Waals surface area (Å²) in [4.78, 5) is 29.7. The van der Waals surface area contributed by atoms with E-state index in [2.05, 4.69) is 12.2 Å². The van der Waals surface area contributed by atoms with E-state index in [1.165, 1.54) is 6.42 Å². The molecule has 31 heavy (non-hydrogen) atoms. The van der Waals surface area contributed by atoms with E-state index in [1.54, 1.807) is 18.2 Å². The van der Waals surface area contributed by atoms with Crippen LogP contribution >= 0.6 is 0 Å². The number of anilines is 2. The summed E-state index contributed by atoms with van der Waals surface area (Å²) in [6.45, 7) is 4.37. The molecule has 6 heteroatoms. The Morgan fingerprint density at radius 3 is 2.39 bits per heavy atom. The van der Waals surface area contributed by atoms with Crippen LogP contribution in [0.1, 0.15) is 59.7 Å². The van der Waals surface area contributed by atoms with Crippen molar-refractivity contribution >= 4 is 23.2 Å². The Hall–Kier alpha value is -3.02. The van der Waals surface area contributed by atoms with Crippen LogP contribution in [-0.4, -0.2) is 50.5 Å². The number of amides is 2. The summed E-state index contributed by atoms with van der Waals surface area (Å²) >= 11 is 0. The number of carbonyl (C=O) groups is 2. The average Bonchev–Trinajstić information content (AvgIpc) is 2.79. The van der Waals surface area contributed by atoms with Crippen molar-refractivity contribution in [2.24, 2.45) is 0 Å². The predicted octanol–water partition coefficient (Wildman–Crippen LogP) is 4.81. The van der Waals surface area contributed by atoms with Gasteiger partial charge in [0.05, 0.1) is 12.2 Å². The molecule has 1 aliphatic heterocycles. The van der Waals surface area contributed by atoms with E-state index < -0.39 is 0 Å². The van der Waals surface area contributed by atoms with Crippen molar-refractivity contribution in [2.75, 3.05) is 44.0 Å². The lowest BCUT2D eigenvalue weighted by molar-refractivity contribution is 0.0724. The molecule has 166 valence electrons. The molecule has 0 saturated carbocycles. The predicted molar refractivity (Wildman–Crippen MR) is 125 cm³/mol. The standard InChI is InChI=1S/C25H33N3O3/c1-4-5-17-31-21-12-9-19(10-13-21)24(29)26-20-11-14-23(27(2)3)22(18-20)25(30)28-15-7-6-8-16-28/h9-14,18H,4-8,15-17H2,1-3H3,(H,26,29). The molecule has 1 aliphatic rings. The normalized spacial score (nSPS) is 13.6. The zero-order valence-corrected chi connectivity index (χ0v) is 18.8. The van der Waals surface area contributed by atoms with Crippen molar-refractivity contribution in [3.05, 3.63) is 53.6 Å². The molecule has 1 saturated heterocycles. The fourth-order valence-corrected chi connectivity index (χ4v) is 3.68. The van der Waals surface area contributed by atoms with Crippen LogP contribution in [0.3, 0.4) is 0 Å². The van der Waals surface area contributed by atoms with Crippen LogP contribution in [0.5, 0.6) is 5.75 Å². The summed E-state index contributed by atoms with van der Waals surface area (Å²) in [5, 5.41) is 2.93. The van der Waals surface area contributed by atoms with E-state index in [-0.39, 0.29) is 11.8 Å². The summed E-state index contributed by atoms with van der Waals surface area (Å²) < 4.78 is 5.66. The number of ether oxygens (including phenoxy) is 1. The fourth-order valence-electron chi connectivity index (χ4n) is 3.68. The second-order valence-electron chi connectivity index (χ2n) is 8.16. The van der Waals surface area contributed by atoms with Gasteiger partial charge in [-0.3, -0.25) is 9.59 Å². The third-order valence-corrected chi connectivity index (χ3v) is 5.49. The van der Waals surface area contributed by atoms with Gasteiger partial charge in [0.1, 0.15) is 5.75 Å².